The highest BCUT2D eigenvalue weighted by atomic mass is 27.0. The van der Waals surface area contributed by atoms with Crippen molar-refractivity contribution in [2.45, 2.75) is 13.3 Å². The Bertz CT molecular complexity index is 22.8. The van der Waals surface area contributed by atoms with Crippen LogP contribution in [-0.2, 0) is 0 Å². The molecule has 3 heteroatoms. The Morgan fingerprint density at radius 1 is 1.50 bits per heavy atom. The van der Waals surface area contributed by atoms with Gasteiger partial charge in [-0.15, -0.1) is 0 Å². The number of halogens is 2. The van der Waals surface area contributed by atoms with E-state index in [0.29, 0.717) is 0 Å². The summed E-state index contributed by atoms with van der Waals surface area (Å²) in [5.74, 6) is 0. The van der Waals surface area contributed by atoms with E-state index in [4.69, 9.17) is 0 Å². The lowest BCUT2D eigenvalue weighted by atomic mass is 10.5. The molecular formula is C3H8AlF2. The Labute approximate surface area is 46.7 Å². The van der Waals surface area contributed by atoms with Gasteiger partial charge in [-0.3, -0.25) is 0 Å². The summed E-state index contributed by atoms with van der Waals surface area (Å²) >= 11 is 0. The average Bonchev–Trinajstić information content (AvgIpc) is 1.38. The molecule has 0 atom stereocenters. The highest BCUT2D eigenvalue weighted by Crippen LogP contribution is 1.92. The van der Waals surface area contributed by atoms with E-state index in [2.05, 4.69) is 0 Å². The molecule has 0 aromatic rings. The number of hydrogen-bond donors (Lipinski definition) is 0. The Morgan fingerprint density at radius 2 is 1.67 bits per heavy atom. The van der Waals surface area contributed by atoms with Gasteiger partial charge in [0.2, 0.25) is 6.43 Å². The van der Waals surface area contributed by atoms with Crippen molar-refractivity contribution in [3.63, 3.8) is 0 Å². The van der Waals surface area contributed by atoms with Gasteiger partial charge in [0, 0.05) is 6.42 Å². The van der Waals surface area contributed by atoms with Crippen LogP contribution in [0.3, 0.4) is 0 Å². The third kappa shape index (κ3) is 8.83. The van der Waals surface area contributed by atoms with Crippen LogP contribution in [0.4, 0.5) is 8.78 Å². The summed E-state index contributed by atoms with van der Waals surface area (Å²) in [4.78, 5) is 0. The van der Waals surface area contributed by atoms with Gasteiger partial charge in [-0.2, -0.15) is 0 Å². The second-order valence-corrected chi connectivity index (χ2v) is 0.668. The third-order valence-corrected chi connectivity index (χ3v) is 0.252. The van der Waals surface area contributed by atoms with Crippen LogP contribution in [0.2, 0.25) is 0 Å². The van der Waals surface area contributed by atoms with E-state index in [9.17, 15) is 8.78 Å². The summed E-state index contributed by atoms with van der Waals surface area (Å²) in [6, 6.07) is 0. The number of rotatable bonds is 1. The lowest BCUT2D eigenvalue weighted by Crippen LogP contribution is -1.82. The van der Waals surface area contributed by atoms with E-state index in [1.165, 1.54) is 6.92 Å². The van der Waals surface area contributed by atoms with Gasteiger partial charge < -0.3 is 0 Å². The molecular weight excluding hydrogens is 101 g/mol. The van der Waals surface area contributed by atoms with Gasteiger partial charge >= 0.3 is 0 Å². The zero-order valence-electron chi connectivity index (χ0n) is 2.91. The minimum absolute atomic E-state index is 0. The first-order valence-corrected chi connectivity index (χ1v) is 1.35. The van der Waals surface area contributed by atoms with Crippen molar-refractivity contribution < 1.29 is 8.78 Å². The highest BCUT2D eigenvalue weighted by Gasteiger charge is 1.91. The molecule has 0 N–H and O–H groups in total. The van der Waals surface area contributed by atoms with E-state index >= 15 is 0 Å². The Morgan fingerprint density at radius 3 is 1.67 bits per heavy atom. The van der Waals surface area contributed by atoms with Gasteiger partial charge in [0.15, 0.2) is 17.4 Å². The Kier molecular flexibility index (Phi) is 8.66. The molecule has 0 heterocycles. The molecule has 37 valence electrons. The molecule has 0 nitrogen and oxygen atoms in total. The molecule has 0 aromatic carbocycles. The molecule has 0 amide bonds. The molecule has 0 aliphatic rings. The van der Waals surface area contributed by atoms with Crippen molar-refractivity contribution in [3.8, 4) is 0 Å². The lowest BCUT2D eigenvalue weighted by Gasteiger charge is -1.81. The predicted octanol–water partition coefficient (Wildman–Crippen LogP) is 0.292. The molecule has 0 spiro atoms. The topological polar surface area (TPSA) is 0 Å². The molecule has 0 aromatic heterocycles. The molecule has 1 radical (unpaired) electrons. The largest absolute Gasteiger partial charge is 0.241 e. The predicted molar refractivity (Wildman–Crippen MR) is 25.9 cm³/mol. The molecule has 0 aliphatic heterocycles. The first kappa shape index (κ1) is 9.63. The van der Waals surface area contributed by atoms with Gasteiger partial charge in [0.25, 0.3) is 0 Å². The maximum Gasteiger partial charge on any atom is 0.241 e. The van der Waals surface area contributed by atoms with Crippen molar-refractivity contribution in [1.82, 2.24) is 0 Å². The Balaban J connectivity index is 0. The van der Waals surface area contributed by atoms with Crippen molar-refractivity contribution in [3.05, 3.63) is 6.42 Å². The van der Waals surface area contributed by atoms with Crippen molar-refractivity contribution in [1.29, 1.82) is 0 Å². The molecule has 0 rings (SSSR count). The molecule has 0 saturated heterocycles. The first-order valence-electron chi connectivity index (χ1n) is 1.35. The smallest absolute Gasteiger partial charge is 0.210 e. The van der Waals surface area contributed by atoms with Crippen LogP contribution in [0, 0.1) is 6.42 Å². The van der Waals surface area contributed by atoms with E-state index in [1.54, 1.807) is 0 Å². The van der Waals surface area contributed by atoms with E-state index in [-0.39, 0.29) is 17.4 Å². The van der Waals surface area contributed by atoms with Gasteiger partial charge in [-0.25, -0.2) is 8.78 Å². The van der Waals surface area contributed by atoms with Crippen LogP contribution in [-0.4, -0.2) is 23.8 Å². The molecule has 0 saturated carbocycles. The average molecular weight is 109 g/mol. The first-order chi connectivity index (χ1) is 2.27. The number of hydrogen-bond acceptors (Lipinski definition) is 0. The quantitative estimate of drug-likeness (QED) is 0.424. The maximum atomic E-state index is 10.7. The van der Waals surface area contributed by atoms with Crippen LogP contribution >= 0.6 is 0 Å². The standard InChI is InChI=1S/C3H5F2.Al.3H/c1-2-3(4)5;;;;/h2-3H,1H3;;;;. The van der Waals surface area contributed by atoms with Crippen LogP contribution < -0.4 is 0 Å². The summed E-state index contributed by atoms with van der Waals surface area (Å²) in [6.45, 7) is 1.32. The van der Waals surface area contributed by atoms with Crippen LogP contribution in [0.5, 0.6) is 0 Å². The second kappa shape index (κ2) is 5.39. The van der Waals surface area contributed by atoms with E-state index in [0.717, 1.165) is 6.42 Å². The molecule has 0 unspecified atom stereocenters. The summed E-state index contributed by atoms with van der Waals surface area (Å²) in [7, 11) is 0. The number of alkyl halides is 2. The van der Waals surface area contributed by atoms with Gasteiger partial charge in [-0.05, 0) is 0 Å². The summed E-state index contributed by atoms with van der Waals surface area (Å²) in [6.07, 6.45) is -1.41. The zero-order valence-corrected chi connectivity index (χ0v) is 2.91. The lowest BCUT2D eigenvalue weighted by molar-refractivity contribution is 0.186. The Hall–Kier alpha value is 0.392. The molecule has 0 fully saturated rings. The fourth-order valence-electron chi connectivity index (χ4n) is 0. The summed E-state index contributed by atoms with van der Waals surface area (Å²) in [5.41, 5.74) is 0. The third-order valence-electron chi connectivity index (χ3n) is 0.252. The molecule has 0 aliphatic carbocycles. The SMILES string of the molecule is C[CH]C(F)F.[AlH3]. The minimum atomic E-state index is -2.24. The second-order valence-electron chi connectivity index (χ2n) is 0.668. The zero-order chi connectivity index (χ0) is 4.28. The van der Waals surface area contributed by atoms with Crippen molar-refractivity contribution >= 4 is 17.4 Å². The summed E-state index contributed by atoms with van der Waals surface area (Å²) in [5, 5.41) is 0. The van der Waals surface area contributed by atoms with Crippen LogP contribution in [0.15, 0.2) is 0 Å². The van der Waals surface area contributed by atoms with Gasteiger partial charge in [0.1, 0.15) is 0 Å². The molecule has 6 heavy (non-hydrogen) atoms. The molecule has 0 bridgehead atoms. The fraction of sp³-hybridized carbons (Fsp3) is 0.667. The van der Waals surface area contributed by atoms with E-state index < -0.39 is 6.43 Å². The monoisotopic (exact) mass is 109 g/mol. The van der Waals surface area contributed by atoms with Crippen LogP contribution in [0.25, 0.3) is 0 Å². The van der Waals surface area contributed by atoms with Crippen molar-refractivity contribution in [2.24, 2.45) is 0 Å². The maximum absolute atomic E-state index is 10.7. The highest BCUT2D eigenvalue weighted by molar-refractivity contribution is 5.75. The van der Waals surface area contributed by atoms with Gasteiger partial charge in [0.05, 0.1) is 0 Å². The van der Waals surface area contributed by atoms with Gasteiger partial charge in [-0.1, -0.05) is 6.92 Å². The van der Waals surface area contributed by atoms with Crippen LogP contribution in [0.1, 0.15) is 6.92 Å². The normalized spacial score (nSPS) is 8.00. The van der Waals surface area contributed by atoms with Crippen molar-refractivity contribution in [2.75, 3.05) is 0 Å². The summed E-state index contributed by atoms with van der Waals surface area (Å²) < 4.78 is 21.4. The fourth-order valence-corrected chi connectivity index (χ4v) is 0. The minimum Gasteiger partial charge on any atom is -0.210 e. The van der Waals surface area contributed by atoms with E-state index in [1.807, 2.05) is 0 Å².